The van der Waals surface area contributed by atoms with Crippen molar-refractivity contribution in [3.8, 4) is 0 Å². The molecule has 5 nitrogen and oxygen atoms in total. The summed E-state index contributed by atoms with van der Waals surface area (Å²) in [6.45, 7) is 14.5. The van der Waals surface area contributed by atoms with E-state index in [0.717, 1.165) is 43.9 Å². The lowest BCUT2D eigenvalue weighted by atomic mass is 10.1. The summed E-state index contributed by atoms with van der Waals surface area (Å²) in [5.74, 6) is -0.176. The zero-order chi connectivity index (χ0) is 18.2. The van der Waals surface area contributed by atoms with E-state index in [-0.39, 0.29) is 12.1 Å². The summed E-state index contributed by atoms with van der Waals surface area (Å²) in [5, 5.41) is 6.51. The molecule has 5 heteroatoms. The number of nitrogens with one attached hydrogen (secondary N) is 2. The van der Waals surface area contributed by atoms with Gasteiger partial charge in [0.2, 0.25) is 0 Å². The van der Waals surface area contributed by atoms with Crippen LogP contribution in [-0.4, -0.2) is 44.8 Å². The van der Waals surface area contributed by atoms with Gasteiger partial charge in [-0.1, -0.05) is 25.6 Å². The minimum atomic E-state index is -0.176. The van der Waals surface area contributed by atoms with Gasteiger partial charge in [-0.2, -0.15) is 0 Å². The number of aryl methyl sites for hydroxylation is 1. The van der Waals surface area contributed by atoms with Crippen molar-refractivity contribution in [3.63, 3.8) is 0 Å². The summed E-state index contributed by atoms with van der Waals surface area (Å²) in [6, 6.07) is 6.27. The summed E-state index contributed by atoms with van der Waals surface area (Å²) in [6.07, 6.45) is 0.976. The fourth-order valence-corrected chi connectivity index (χ4v) is 3.04. The van der Waals surface area contributed by atoms with Gasteiger partial charge >= 0.3 is 5.97 Å². The van der Waals surface area contributed by atoms with Crippen LogP contribution in [-0.2, 0) is 16.0 Å². The first-order valence-electron chi connectivity index (χ1n) is 9.13. The van der Waals surface area contributed by atoms with Crippen LogP contribution in [0.2, 0.25) is 0 Å². The van der Waals surface area contributed by atoms with Crippen molar-refractivity contribution in [1.29, 1.82) is 0 Å². The Labute approximate surface area is 151 Å². The molecule has 1 aromatic carbocycles. The fraction of sp³-hybridized carbons (Fsp3) is 0.550. The Morgan fingerprint density at radius 1 is 1.40 bits per heavy atom. The number of rotatable bonds is 8. The second kappa shape index (κ2) is 9.47. The maximum Gasteiger partial charge on any atom is 0.310 e. The standard InChI is InChI=1S/C20H31N3O2/c1-5-18(14-22-15(2)3)25-20(24)13-17-6-7-19(16(4)12-17)23-10-8-21-9-11-23/h6-7,12,18,21-22H,2,5,8-11,13-14H2,1,3-4H3. The van der Waals surface area contributed by atoms with Crippen LogP contribution in [0.15, 0.2) is 30.5 Å². The van der Waals surface area contributed by atoms with E-state index in [0.29, 0.717) is 13.0 Å². The second-order valence-electron chi connectivity index (χ2n) is 6.72. The number of hydrogen-bond donors (Lipinski definition) is 2. The SMILES string of the molecule is C=C(C)NCC(CC)OC(=O)Cc1ccc(N2CCNCC2)c(C)c1. The Hall–Kier alpha value is -2.01. The lowest BCUT2D eigenvalue weighted by Crippen LogP contribution is -2.43. The normalized spacial score (nSPS) is 15.6. The molecule has 25 heavy (non-hydrogen) atoms. The van der Waals surface area contributed by atoms with Crippen LogP contribution in [0.5, 0.6) is 0 Å². The third-order valence-electron chi connectivity index (χ3n) is 4.45. The maximum absolute atomic E-state index is 12.2. The molecule has 0 bridgehead atoms. The number of nitrogens with zero attached hydrogens (tertiary/aromatic N) is 1. The molecule has 1 aromatic rings. The summed E-state index contributed by atoms with van der Waals surface area (Å²) >= 11 is 0. The molecule has 1 aliphatic heterocycles. The Balaban J connectivity index is 1.91. The van der Waals surface area contributed by atoms with Gasteiger partial charge in [0.15, 0.2) is 0 Å². The number of ether oxygens (including phenoxy) is 1. The number of hydrogen-bond acceptors (Lipinski definition) is 5. The van der Waals surface area contributed by atoms with Crippen LogP contribution in [0.4, 0.5) is 5.69 Å². The van der Waals surface area contributed by atoms with Crippen molar-refractivity contribution < 1.29 is 9.53 Å². The van der Waals surface area contributed by atoms with Crippen molar-refractivity contribution in [2.24, 2.45) is 0 Å². The molecule has 1 atom stereocenters. The second-order valence-corrected chi connectivity index (χ2v) is 6.72. The van der Waals surface area contributed by atoms with E-state index < -0.39 is 0 Å². The Kier molecular flexibility index (Phi) is 7.31. The predicted octanol–water partition coefficient (Wildman–Crippen LogP) is 2.39. The molecule has 2 N–H and O–H groups in total. The number of carbonyl (C=O) groups is 1. The van der Waals surface area contributed by atoms with Crippen LogP contribution < -0.4 is 15.5 Å². The van der Waals surface area contributed by atoms with Crippen LogP contribution in [0.1, 0.15) is 31.4 Å². The van der Waals surface area contributed by atoms with E-state index in [9.17, 15) is 4.79 Å². The number of anilines is 1. The van der Waals surface area contributed by atoms with E-state index >= 15 is 0 Å². The van der Waals surface area contributed by atoms with Gasteiger partial charge in [0, 0.05) is 37.6 Å². The molecular formula is C20H31N3O2. The van der Waals surface area contributed by atoms with E-state index in [4.69, 9.17) is 4.74 Å². The third kappa shape index (κ3) is 6.09. The Morgan fingerprint density at radius 3 is 2.72 bits per heavy atom. The molecule has 1 saturated heterocycles. The molecule has 0 amide bonds. The number of carbonyl (C=O) groups excluding carboxylic acids is 1. The first kappa shape index (κ1) is 19.3. The maximum atomic E-state index is 12.2. The largest absolute Gasteiger partial charge is 0.460 e. The predicted molar refractivity (Wildman–Crippen MR) is 103 cm³/mol. The number of benzene rings is 1. The molecule has 0 saturated carbocycles. The first-order valence-corrected chi connectivity index (χ1v) is 9.13. The Morgan fingerprint density at radius 2 is 2.12 bits per heavy atom. The monoisotopic (exact) mass is 345 g/mol. The highest BCUT2D eigenvalue weighted by Gasteiger charge is 2.15. The van der Waals surface area contributed by atoms with Gasteiger partial charge in [0.25, 0.3) is 0 Å². The molecule has 1 heterocycles. The molecular weight excluding hydrogens is 314 g/mol. The van der Waals surface area contributed by atoms with E-state index in [1.807, 2.05) is 19.9 Å². The average Bonchev–Trinajstić information content (AvgIpc) is 2.59. The van der Waals surface area contributed by atoms with E-state index in [1.165, 1.54) is 11.3 Å². The van der Waals surface area contributed by atoms with Gasteiger partial charge in [-0.3, -0.25) is 4.79 Å². The quantitative estimate of drug-likeness (QED) is 0.709. The molecule has 2 rings (SSSR count). The Bertz CT molecular complexity index is 595. The van der Waals surface area contributed by atoms with Gasteiger partial charge in [-0.25, -0.2) is 0 Å². The van der Waals surface area contributed by atoms with E-state index in [1.54, 1.807) is 0 Å². The third-order valence-corrected chi connectivity index (χ3v) is 4.45. The van der Waals surface area contributed by atoms with Gasteiger partial charge in [0.1, 0.15) is 6.10 Å². The molecule has 1 aliphatic rings. The molecule has 0 aromatic heterocycles. The van der Waals surface area contributed by atoms with Gasteiger partial charge in [-0.15, -0.1) is 0 Å². The zero-order valence-corrected chi connectivity index (χ0v) is 15.7. The van der Waals surface area contributed by atoms with Crippen molar-refractivity contribution in [2.45, 2.75) is 39.7 Å². The van der Waals surface area contributed by atoms with Gasteiger partial charge in [-0.05, 0) is 37.5 Å². The van der Waals surface area contributed by atoms with Crippen molar-refractivity contribution in [3.05, 3.63) is 41.6 Å². The number of piperazine rings is 1. The van der Waals surface area contributed by atoms with Crippen LogP contribution in [0.25, 0.3) is 0 Å². The lowest BCUT2D eigenvalue weighted by molar-refractivity contribution is -0.148. The van der Waals surface area contributed by atoms with Crippen molar-refractivity contribution in [2.75, 3.05) is 37.6 Å². The minimum Gasteiger partial charge on any atom is -0.460 e. The molecule has 0 aliphatic carbocycles. The highest BCUT2D eigenvalue weighted by Crippen LogP contribution is 2.22. The van der Waals surface area contributed by atoms with E-state index in [2.05, 4.69) is 41.2 Å². The van der Waals surface area contributed by atoms with Crippen LogP contribution >= 0.6 is 0 Å². The first-order chi connectivity index (χ1) is 12.0. The topological polar surface area (TPSA) is 53.6 Å². The molecule has 0 spiro atoms. The summed E-state index contributed by atoms with van der Waals surface area (Å²) in [4.78, 5) is 14.6. The van der Waals surface area contributed by atoms with Gasteiger partial charge in [0.05, 0.1) is 13.0 Å². The molecule has 0 radical (unpaired) electrons. The average molecular weight is 345 g/mol. The van der Waals surface area contributed by atoms with Crippen LogP contribution in [0.3, 0.4) is 0 Å². The fourth-order valence-electron chi connectivity index (χ4n) is 3.04. The van der Waals surface area contributed by atoms with Crippen molar-refractivity contribution in [1.82, 2.24) is 10.6 Å². The van der Waals surface area contributed by atoms with Crippen LogP contribution in [0, 0.1) is 6.92 Å². The zero-order valence-electron chi connectivity index (χ0n) is 15.7. The lowest BCUT2D eigenvalue weighted by Gasteiger charge is -2.30. The molecule has 138 valence electrons. The summed E-state index contributed by atoms with van der Waals surface area (Å²) < 4.78 is 5.58. The van der Waals surface area contributed by atoms with Crippen molar-refractivity contribution >= 4 is 11.7 Å². The highest BCUT2D eigenvalue weighted by atomic mass is 16.5. The smallest absolute Gasteiger partial charge is 0.310 e. The molecule has 1 unspecified atom stereocenters. The van der Waals surface area contributed by atoms with Gasteiger partial charge < -0.3 is 20.3 Å². The molecule has 1 fully saturated rings. The highest BCUT2D eigenvalue weighted by molar-refractivity contribution is 5.73. The summed E-state index contributed by atoms with van der Waals surface area (Å²) in [7, 11) is 0. The number of allylic oxidation sites excluding steroid dienone is 1. The summed E-state index contributed by atoms with van der Waals surface area (Å²) in [5.41, 5.74) is 4.36. The number of esters is 1. The minimum absolute atomic E-state index is 0.120.